The molecule has 0 fully saturated rings. The van der Waals surface area contributed by atoms with Crippen molar-refractivity contribution in [1.82, 2.24) is 0 Å². The fourth-order valence-corrected chi connectivity index (χ4v) is 3.52. The molecule has 134 valence electrons. The van der Waals surface area contributed by atoms with Crippen molar-refractivity contribution in [3.8, 4) is 5.75 Å². The Bertz CT molecular complexity index is 849. The zero-order valence-corrected chi connectivity index (χ0v) is 14.2. The lowest BCUT2D eigenvalue weighted by Crippen LogP contribution is -2.29. The van der Waals surface area contributed by atoms with Crippen LogP contribution >= 0.6 is 0 Å². The highest BCUT2D eigenvalue weighted by Gasteiger charge is 2.32. The molecule has 0 bridgehead atoms. The summed E-state index contributed by atoms with van der Waals surface area (Å²) < 4.78 is 11.1. The number of anilines is 1. The van der Waals surface area contributed by atoms with Crippen LogP contribution in [0.1, 0.15) is 29.0 Å². The van der Waals surface area contributed by atoms with E-state index in [0.717, 1.165) is 34.5 Å². The fourth-order valence-electron chi connectivity index (χ4n) is 3.52. The highest BCUT2D eigenvalue weighted by atomic mass is 16.6. The molecule has 4 rings (SSSR count). The molecule has 6 heteroatoms. The number of fused-ring (bicyclic) bond motifs is 2. The van der Waals surface area contributed by atoms with Gasteiger partial charge in [-0.3, -0.25) is 9.69 Å². The third-order valence-electron chi connectivity index (χ3n) is 4.83. The molecule has 1 atom stereocenters. The van der Waals surface area contributed by atoms with Gasteiger partial charge in [0.05, 0.1) is 18.7 Å². The molecule has 26 heavy (non-hydrogen) atoms. The van der Waals surface area contributed by atoms with Gasteiger partial charge in [-0.25, -0.2) is 4.79 Å². The number of carboxylic acids is 1. The van der Waals surface area contributed by atoms with Crippen molar-refractivity contribution in [3.63, 3.8) is 0 Å². The first kappa shape index (κ1) is 16.4. The number of amides is 1. The van der Waals surface area contributed by atoms with Gasteiger partial charge in [-0.2, -0.15) is 0 Å². The van der Waals surface area contributed by atoms with E-state index in [-0.39, 0.29) is 25.0 Å². The van der Waals surface area contributed by atoms with Crippen molar-refractivity contribution in [2.45, 2.75) is 25.4 Å². The molecule has 0 aromatic heterocycles. The number of rotatable bonds is 4. The third kappa shape index (κ3) is 3.10. The predicted octanol–water partition coefficient (Wildman–Crippen LogP) is 3.34. The van der Waals surface area contributed by atoms with Crippen LogP contribution in [0.2, 0.25) is 0 Å². The number of carbonyl (C=O) groups excluding carboxylic acids is 1. The number of hydrogen-bond acceptors (Lipinski definition) is 4. The maximum atomic E-state index is 12.5. The quantitative estimate of drug-likeness (QED) is 0.912. The fraction of sp³-hybridized carbons (Fsp3) is 0.300. The molecule has 0 aliphatic carbocycles. The second kappa shape index (κ2) is 6.71. The molecule has 6 nitrogen and oxygen atoms in total. The van der Waals surface area contributed by atoms with Gasteiger partial charge in [0.15, 0.2) is 0 Å². The van der Waals surface area contributed by atoms with Crippen LogP contribution in [-0.4, -0.2) is 30.3 Å². The lowest BCUT2D eigenvalue weighted by molar-refractivity contribution is -0.137. The summed E-state index contributed by atoms with van der Waals surface area (Å²) in [7, 11) is 0. The van der Waals surface area contributed by atoms with E-state index in [1.165, 1.54) is 0 Å². The first-order valence-electron chi connectivity index (χ1n) is 8.61. The lowest BCUT2D eigenvalue weighted by Gasteiger charge is -2.18. The minimum absolute atomic E-state index is 0.0181. The molecule has 2 aliphatic rings. The smallest absolute Gasteiger partial charge is 0.414 e. The van der Waals surface area contributed by atoms with Gasteiger partial charge in [0.25, 0.3) is 0 Å². The maximum absolute atomic E-state index is 12.5. The Balaban J connectivity index is 1.52. The molecule has 1 unspecified atom stereocenters. The average molecular weight is 353 g/mol. The largest absolute Gasteiger partial charge is 0.493 e. The molecule has 0 saturated heterocycles. The first-order chi connectivity index (χ1) is 12.6. The van der Waals surface area contributed by atoms with Crippen LogP contribution in [0.4, 0.5) is 10.5 Å². The summed E-state index contributed by atoms with van der Waals surface area (Å²) in [5.74, 6) is -0.309. The Morgan fingerprint density at radius 1 is 1.23 bits per heavy atom. The molecule has 0 saturated carbocycles. The van der Waals surface area contributed by atoms with Crippen molar-refractivity contribution in [3.05, 3.63) is 59.2 Å². The van der Waals surface area contributed by atoms with E-state index < -0.39 is 5.97 Å². The molecule has 0 spiro atoms. The lowest BCUT2D eigenvalue weighted by atomic mass is 9.96. The van der Waals surface area contributed by atoms with Crippen molar-refractivity contribution >= 4 is 17.7 Å². The Morgan fingerprint density at radius 2 is 2.04 bits per heavy atom. The Labute approximate surface area is 151 Å². The molecule has 1 N–H and O–H groups in total. The second-order valence-electron chi connectivity index (χ2n) is 6.57. The summed E-state index contributed by atoms with van der Waals surface area (Å²) in [6.07, 6.45) is 0.363. The SMILES string of the molecule is O=C(O)CC1COc2cc3c(cc21)N(C(=O)OCc1ccccc1)CC3. The van der Waals surface area contributed by atoms with E-state index in [1.807, 2.05) is 42.5 Å². The van der Waals surface area contributed by atoms with Crippen LogP contribution in [-0.2, 0) is 22.6 Å². The number of nitrogens with zero attached hydrogens (tertiary/aromatic N) is 1. The van der Waals surface area contributed by atoms with Crippen LogP contribution in [0.25, 0.3) is 0 Å². The second-order valence-corrected chi connectivity index (χ2v) is 6.57. The zero-order valence-electron chi connectivity index (χ0n) is 14.2. The molecule has 2 heterocycles. The molecule has 0 radical (unpaired) electrons. The monoisotopic (exact) mass is 353 g/mol. The van der Waals surface area contributed by atoms with Crippen LogP contribution in [0, 0.1) is 0 Å². The maximum Gasteiger partial charge on any atom is 0.414 e. The summed E-state index contributed by atoms with van der Waals surface area (Å²) in [5, 5.41) is 9.07. The summed E-state index contributed by atoms with van der Waals surface area (Å²) in [6, 6.07) is 13.4. The van der Waals surface area contributed by atoms with E-state index in [9.17, 15) is 9.59 Å². The van der Waals surface area contributed by atoms with E-state index >= 15 is 0 Å². The van der Waals surface area contributed by atoms with Gasteiger partial charge >= 0.3 is 12.1 Å². The van der Waals surface area contributed by atoms with Crippen molar-refractivity contribution in [1.29, 1.82) is 0 Å². The van der Waals surface area contributed by atoms with Gasteiger partial charge in [0.1, 0.15) is 12.4 Å². The molecular formula is C20H19NO5. The summed E-state index contributed by atoms with van der Waals surface area (Å²) in [4.78, 5) is 25.2. The van der Waals surface area contributed by atoms with Gasteiger partial charge in [-0.15, -0.1) is 0 Å². The van der Waals surface area contributed by atoms with Gasteiger partial charge in [-0.1, -0.05) is 30.3 Å². The number of aliphatic carboxylic acids is 1. The van der Waals surface area contributed by atoms with Gasteiger partial charge < -0.3 is 14.6 Å². The topological polar surface area (TPSA) is 76.1 Å². The Morgan fingerprint density at radius 3 is 2.81 bits per heavy atom. The van der Waals surface area contributed by atoms with Crippen molar-refractivity contribution in [2.24, 2.45) is 0 Å². The molecule has 2 aliphatic heterocycles. The van der Waals surface area contributed by atoms with Gasteiger partial charge in [0.2, 0.25) is 0 Å². The Kier molecular flexibility index (Phi) is 4.24. The normalized spacial score (nSPS) is 17.4. The third-order valence-corrected chi connectivity index (χ3v) is 4.83. The van der Waals surface area contributed by atoms with E-state index in [4.69, 9.17) is 14.6 Å². The number of benzene rings is 2. The highest BCUT2D eigenvalue weighted by Crippen LogP contribution is 2.42. The van der Waals surface area contributed by atoms with E-state index in [1.54, 1.807) is 4.90 Å². The van der Waals surface area contributed by atoms with E-state index in [2.05, 4.69) is 0 Å². The molecule has 2 aromatic carbocycles. The van der Waals surface area contributed by atoms with Crippen LogP contribution in [0.3, 0.4) is 0 Å². The highest BCUT2D eigenvalue weighted by molar-refractivity contribution is 5.91. The predicted molar refractivity (Wildman–Crippen MR) is 94.6 cm³/mol. The molecule has 1 amide bonds. The van der Waals surface area contributed by atoms with Crippen LogP contribution < -0.4 is 9.64 Å². The van der Waals surface area contributed by atoms with Crippen LogP contribution in [0.15, 0.2) is 42.5 Å². The Hall–Kier alpha value is -3.02. The number of carbonyl (C=O) groups is 2. The van der Waals surface area contributed by atoms with Crippen molar-refractivity contribution < 1.29 is 24.2 Å². The number of ether oxygens (including phenoxy) is 2. The standard InChI is InChI=1S/C20H19NO5/c22-19(23)9-15-12-25-18-8-14-6-7-21(17(14)10-16(15)18)20(24)26-11-13-4-2-1-3-5-13/h1-5,8,10,15H,6-7,9,11-12H2,(H,22,23). The zero-order chi connectivity index (χ0) is 18.1. The minimum atomic E-state index is -0.855. The first-order valence-corrected chi connectivity index (χ1v) is 8.61. The molecule has 2 aromatic rings. The van der Waals surface area contributed by atoms with Gasteiger partial charge in [0, 0.05) is 18.0 Å². The van der Waals surface area contributed by atoms with Crippen molar-refractivity contribution in [2.75, 3.05) is 18.1 Å². The van der Waals surface area contributed by atoms with E-state index in [0.29, 0.717) is 13.2 Å². The average Bonchev–Trinajstić information content (AvgIpc) is 3.22. The number of carboxylic acid groups (broad SMARTS) is 1. The minimum Gasteiger partial charge on any atom is -0.493 e. The van der Waals surface area contributed by atoms with Gasteiger partial charge in [-0.05, 0) is 29.7 Å². The summed E-state index contributed by atoms with van der Waals surface area (Å²) in [6.45, 7) is 1.14. The summed E-state index contributed by atoms with van der Waals surface area (Å²) >= 11 is 0. The number of hydrogen-bond donors (Lipinski definition) is 1. The van der Waals surface area contributed by atoms with Crippen LogP contribution in [0.5, 0.6) is 5.75 Å². The molecular weight excluding hydrogens is 334 g/mol. The summed E-state index contributed by atoms with van der Waals surface area (Å²) in [5.41, 5.74) is 3.61.